The molecule has 0 bridgehead atoms. The smallest absolute Gasteiger partial charge is 0.0841 e. The zero-order valence-corrected chi connectivity index (χ0v) is 19.8. The summed E-state index contributed by atoms with van der Waals surface area (Å²) in [5.41, 5.74) is 0. The van der Waals surface area contributed by atoms with Crippen molar-refractivity contribution in [3.8, 4) is 0 Å². The minimum absolute atomic E-state index is 0.637. The topological polar surface area (TPSA) is 12.5 Å². The summed E-state index contributed by atoms with van der Waals surface area (Å²) in [4.78, 5) is 0. The van der Waals surface area contributed by atoms with Crippen LogP contribution in [0.1, 0.15) is 162 Å². The van der Waals surface area contributed by atoms with Crippen LogP contribution in [0, 0.1) is 0 Å². The zero-order chi connectivity index (χ0) is 20.1. The first-order valence-corrected chi connectivity index (χ1v) is 13.5. The third-order valence-electron chi connectivity index (χ3n) is 6.62. The molecule has 1 aliphatic rings. The molecular formula is C27H54O. The van der Waals surface area contributed by atoms with E-state index in [0.29, 0.717) is 12.2 Å². The molecular weight excluding hydrogens is 340 g/mol. The summed E-state index contributed by atoms with van der Waals surface area (Å²) in [5, 5.41) is 0. The van der Waals surface area contributed by atoms with E-state index in [4.69, 9.17) is 4.74 Å². The fraction of sp³-hybridized carbons (Fsp3) is 1.00. The Hall–Kier alpha value is -0.0400. The van der Waals surface area contributed by atoms with Gasteiger partial charge in [0, 0.05) is 0 Å². The molecule has 1 saturated heterocycles. The number of unbranched alkanes of at least 4 members (excludes halogenated alkanes) is 19. The SMILES string of the molecule is CCCCCCCCCCCCCCCCCC1OC1CCCCCCCC. The predicted molar refractivity (Wildman–Crippen MR) is 126 cm³/mol. The monoisotopic (exact) mass is 394 g/mol. The molecule has 0 radical (unpaired) electrons. The van der Waals surface area contributed by atoms with E-state index in [0.717, 1.165) is 0 Å². The summed E-state index contributed by atoms with van der Waals surface area (Å²) in [6.45, 7) is 4.59. The molecule has 0 N–H and O–H groups in total. The molecule has 1 aliphatic heterocycles. The van der Waals surface area contributed by atoms with E-state index in [2.05, 4.69) is 13.8 Å². The van der Waals surface area contributed by atoms with Crippen LogP contribution in [0.4, 0.5) is 0 Å². The summed E-state index contributed by atoms with van der Waals surface area (Å²) in [5.74, 6) is 0. The van der Waals surface area contributed by atoms with E-state index < -0.39 is 0 Å². The van der Waals surface area contributed by atoms with Gasteiger partial charge in [-0.3, -0.25) is 0 Å². The van der Waals surface area contributed by atoms with Crippen molar-refractivity contribution in [2.24, 2.45) is 0 Å². The summed E-state index contributed by atoms with van der Waals surface area (Å²) in [7, 11) is 0. The second kappa shape index (κ2) is 20.2. The molecule has 28 heavy (non-hydrogen) atoms. The lowest BCUT2D eigenvalue weighted by Crippen LogP contribution is -1.94. The molecule has 0 aromatic rings. The van der Waals surface area contributed by atoms with Gasteiger partial charge >= 0.3 is 0 Å². The third kappa shape index (κ3) is 16.9. The number of hydrogen-bond acceptors (Lipinski definition) is 1. The van der Waals surface area contributed by atoms with E-state index in [1.807, 2.05) is 0 Å². The van der Waals surface area contributed by atoms with E-state index in [9.17, 15) is 0 Å². The quantitative estimate of drug-likeness (QED) is 0.124. The van der Waals surface area contributed by atoms with Gasteiger partial charge in [-0.15, -0.1) is 0 Å². The maximum Gasteiger partial charge on any atom is 0.0841 e. The van der Waals surface area contributed by atoms with E-state index >= 15 is 0 Å². The first-order chi connectivity index (χ1) is 13.9. The average molecular weight is 395 g/mol. The molecule has 1 heteroatoms. The van der Waals surface area contributed by atoms with Crippen molar-refractivity contribution >= 4 is 0 Å². The second-order valence-corrected chi connectivity index (χ2v) is 9.51. The Morgan fingerprint density at radius 1 is 0.357 bits per heavy atom. The van der Waals surface area contributed by atoms with Crippen molar-refractivity contribution in [3.63, 3.8) is 0 Å². The standard InChI is InChI=1S/C27H54O/c1-3-5-7-9-11-12-13-14-15-16-17-18-19-21-23-25-27-26(28-27)24-22-20-10-8-6-4-2/h26-27H,3-25H2,1-2H3. The van der Waals surface area contributed by atoms with E-state index in [-0.39, 0.29) is 0 Å². The molecule has 1 rings (SSSR count). The number of ether oxygens (including phenoxy) is 1. The molecule has 1 heterocycles. The molecule has 0 amide bonds. The molecule has 0 spiro atoms. The lowest BCUT2D eigenvalue weighted by atomic mass is 10.0. The van der Waals surface area contributed by atoms with E-state index in [1.165, 1.54) is 148 Å². The summed E-state index contributed by atoms with van der Waals surface area (Å²) < 4.78 is 5.86. The Balaban J connectivity index is 1.68. The third-order valence-corrected chi connectivity index (χ3v) is 6.62. The van der Waals surface area contributed by atoms with Crippen LogP contribution < -0.4 is 0 Å². The highest BCUT2D eigenvalue weighted by Gasteiger charge is 2.36. The van der Waals surface area contributed by atoms with Gasteiger partial charge in [-0.1, -0.05) is 149 Å². The van der Waals surface area contributed by atoms with Crippen molar-refractivity contribution in [3.05, 3.63) is 0 Å². The molecule has 0 aromatic carbocycles. The van der Waals surface area contributed by atoms with Gasteiger partial charge < -0.3 is 4.74 Å². The first-order valence-electron chi connectivity index (χ1n) is 13.5. The normalized spacial score (nSPS) is 18.6. The molecule has 1 nitrogen and oxygen atoms in total. The van der Waals surface area contributed by atoms with Gasteiger partial charge in [0.2, 0.25) is 0 Å². The Kier molecular flexibility index (Phi) is 18.8. The molecule has 2 atom stereocenters. The van der Waals surface area contributed by atoms with Crippen molar-refractivity contribution in [2.45, 2.75) is 174 Å². The van der Waals surface area contributed by atoms with Gasteiger partial charge in [0.05, 0.1) is 12.2 Å². The summed E-state index contributed by atoms with van der Waals surface area (Å²) in [6.07, 6.45) is 34.2. The first kappa shape index (κ1) is 26.0. The summed E-state index contributed by atoms with van der Waals surface area (Å²) in [6, 6.07) is 0. The summed E-state index contributed by atoms with van der Waals surface area (Å²) >= 11 is 0. The Labute approximate surface area is 178 Å². The molecule has 1 fully saturated rings. The average Bonchev–Trinajstić information content (AvgIpc) is 3.45. The van der Waals surface area contributed by atoms with Crippen LogP contribution in [0.15, 0.2) is 0 Å². The highest BCUT2D eigenvalue weighted by molar-refractivity contribution is 4.84. The Bertz CT molecular complexity index is 301. The zero-order valence-electron chi connectivity index (χ0n) is 19.8. The fourth-order valence-electron chi connectivity index (χ4n) is 4.53. The van der Waals surface area contributed by atoms with Gasteiger partial charge in [-0.2, -0.15) is 0 Å². The second-order valence-electron chi connectivity index (χ2n) is 9.51. The van der Waals surface area contributed by atoms with Crippen LogP contribution in [0.5, 0.6) is 0 Å². The molecule has 168 valence electrons. The van der Waals surface area contributed by atoms with Gasteiger partial charge in [0.15, 0.2) is 0 Å². The minimum Gasteiger partial charge on any atom is -0.370 e. The predicted octanol–water partition coefficient (Wildman–Crippen LogP) is 9.77. The molecule has 0 saturated carbocycles. The number of epoxide rings is 1. The maximum atomic E-state index is 5.86. The minimum atomic E-state index is 0.637. The van der Waals surface area contributed by atoms with Gasteiger partial charge in [-0.25, -0.2) is 0 Å². The largest absolute Gasteiger partial charge is 0.370 e. The van der Waals surface area contributed by atoms with Crippen molar-refractivity contribution < 1.29 is 4.74 Å². The highest BCUT2D eigenvalue weighted by atomic mass is 16.6. The van der Waals surface area contributed by atoms with Crippen LogP contribution in [-0.4, -0.2) is 12.2 Å². The number of hydrogen-bond donors (Lipinski definition) is 0. The van der Waals surface area contributed by atoms with Gasteiger partial charge in [0.1, 0.15) is 0 Å². The Morgan fingerprint density at radius 2 is 0.607 bits per heavy atom. The van der Waals surface area contributed by atoms with Crippen molar-refractivity contribution in [1.29, 1.82) is 0 Å². The van der Waals surface area contributed by atoms with Crippen LogP contribution in [-0.2, 0) is 4.74 Å². The molecule has 2 unspecified atom stereocenters. The highest BCUT2D eigenvalue weighted by Crippen LogP contribution is 2.31. The van der Waals surface area contributed by atoms with E-state index in [1.54, 1.807) is 0 Å². The van der Waals surface area contributed by atoms with Crippen LogP contribution in [0.3, 0.4) is 0 Å². The molecule has 0 aliphatic carbocycles. The lowest BCUT2D eigenvalue weighted by Gasteiger charge is -2.03. The van der Waals surface area contributed by atoms with Crippen molar-refractivity contribution in [1.82, 2.24) is 0 Å². The lowest BCUT2D eigenvalue weighted by molar-refractivity contribution is 0.347. The maximum absolute atomic E-state index is 5.86. The van der Waals surface area contributed by atoms with Gasteiger partial charge in [-0.05, 0) is 12.8 Å². The van der Waals surface area contributed by atoms with Crippen molar-refractivity contribution in [2.75, 3.05) is 0 Å². The van der Waals surface area contributed by atoms with Crippen LogP contribution in [0.2, 0.25) is 0 Å². The number of rotatable bonds is 23. The van der Waals surface area contributed by atoms with Crippen LogP contribution >= 0.6 is 0 Å². The van der Waals surface area contributed by atoms with Crippen LogP contribution in [0.25, 0.3) is 0 Å². The fourth-order valence-corrected chi connectivity index (χ4v) is 4.53. The van der Waals surface area contributed by atoms with Gasteiger partial charge in [0.25, 0.3) is 0 Å². The Morgan fingerprint density at radius 3 is 0.893 bits per heavy atom. The molecule has 0 aromatic heterocycles.